The summed E-state index contributed by atoms with van der Waals surface area (Å²) in [6.45, 7) is 7.07. The molecule has 0 unspecified atom stereocenters. The van der Waals surface area contributed by atoms with Crippen molar-refractivity contribution in [1.82, 2.24) is 15.1 Å². The molecule has 1 aliphatic rings. The highest BCUT2D eigenvalue weighted by Gasteiger charge is 2.32. The van der Waals surface area contributed by atoms with Crippen molar-refractivity contribution in [3.63, 3.8) is 0 Å². The second kappa shape index (κ2) is 9.46. The smallest absolute Gasteiger partial charge is 0.281 e. The first-order valence-electron chi connectivity index (χ1n) is 10.7. The number of benzene rings is 2. The molecule has 2 heterocycles. The van der Waals surface area contributed by atoms with Gasteiger partial charge in [-0.2, -0.15) is 5.10 Å². The summed E-state index contributed by atoms with van der Waals surface area (Å²) < 4.78 is 13.0. The Morgan fingerprint density at radius 1 is 1.12 bits per heavy atom. The molecule has 170 valence electrons. The van der Waals surface area contributed by atoms with Gasteiger partial charge in [-0.05, 0) is 87.1 Å². The Hall–Kier alpha value is -3.65. The number of nitrogens with zero attached hydrogens (tertiary/aromatic N) is 3. The van der Waals surface area contributed by atoms with Gasteiger partial charge in [0.25, 0.3) is 5.91 Å². The van der Waals surface area contributed by atoms with Crippen molar-refractivity contribution in [3.05, 3.63) is 76.7 Å². The number of methoxy groups -OCH3 is 1. The number of carbonyl (C=O) groups is 1. The zero-order valence-electron chi connectivity index (χ0n) is 19.1. The fourth-order valence-corrected chi connectivity index (χ4v) is 4.10. The van der Waals surface area contributed by atoms with E-state index in [9.17, 15) is 4.79 Å². The van der Waals surface area contributed by atoms with Gasteiger partial charge in [-0.3, -0.25) is 14.4 Å². The first-order valence-corrected chi connectivity index (χ1v) is 11.1. The number of hydrogen-bond donors (Lipinski definition) is 1. The molecule has 1 N–H and O–H groups in total. The van der Waals surface area contributed by atoms with Crippen molar-refractivity contribution >= 4 is 35.0 Å². The largest absolute Gasteiger partial charge is 0.496 e. The average Bonchev–Trinajstić information content (AvgIpc) is 3.25. The summed E-state index contributed by atoms with van der Waals surface area (Å²) in [6.07, 6.45) is 1.80. The van der Waals surface area contributed by atoms with E-state index in [4.69, 9.17) is 21.7 Å². The van der Waals surface area contributed by atoms with Crippen LogP contribution < -0.4 is 19.7 Å². The zero-order chi connectivity index (χ0) is 23.5. The van der Waals surface area contributed by atoms with Crippen LogP contribution in [0.5, 0.6) is 11.5 Å². The third-order valence-electron chi connectivity index (χ3n) is 5.32. The van der Waals surface area contributed by atoms with Crippen LogP contribution in [-0.4, -0.2) is 34.5 Å². The molecule has 0 spiro atoms. The lowest BCUT2D eigenvalue weighted by Gasteiger charge is -2.14. The molecular formula is C25H26N4O3S. The van der Waals surface area contributed by atoms with Crippen molar-refractivity contribution in [2.24, 2.45) is 0 Å². The summed E-state index contributed by atoms with van der Waals surface area (Å²) >= 11 is 5.44. The van der Waals surface area contributed by atoms with Crippen molar-refractivity contribution in [2.45, 2.75) is 27.3 Å². The maximum atomic E-state index is 13.1. The molecule has 7 nitrogen and oxygen atoms in total. The lowest BCUT2D eigenvalue weighted by atomic mass is 10.1. The van der Waals surface area contributed by atoms with Gasteiger partial charge in [0.2, 0.25) is 0 Å². The maximum Gasteiger partial charge on any atom is 0.281 e. The Bertz CT molecular complexity index is 1230. The minimum Gasteiger partial charge on any atom is -0.496 e. The van der Waals surface area contributed by atoms with Crippen LogP contribution in [0, 0.1) is 13.8 Å². The van der Waals surface area contributed by atoms with Crippen LogP contribution in [0.3, 0.4) is 0 Å². The summed E-state index contributed by atoms with van der Waals surface area (Å²) in [5.74, 6) is 1.30. The van der Waals surface area contributed by atoms with Crippen LogP contribution >= 0.6 is 12.2 Å². The molecule has 0 bridgehead atoms. The summed E-state index contributed by atoms with van der Waals surface area (Å²) in [5, 5.41) is 7.92. The van der Waals surface area contributed by atoms with Crippen molar-refractivity contribution in [1.29, 1.82) is 0 Å². The van der Waals surface area contributed by atoms with Crippen molar-refractivity contribution in [3.8, 4) is 11.5 Å². The normalized spacial score (nSPS) is 14.7. The van der Waals surface area contributed by atoms with Crippen LogP contribution in [0.4, 0.5) is 5.69 Å². The van der Waals surface area contributed by atoms with E-state index in [1.54, 1.807) is 13.2 Å². The molecule has 0 atom stereocenters. The molecule has 4 rings (SSSR count). The molecule has 2 aromatic carbocycles. The second-order valence-corrected chi connectivity index (χ2v) is 8.10. The topological polar surface area (TPSA) is 68.6 Å². The number of carbonyl (C=O) groups excluding carboxylic acids is 1. The number of amides is 1. The van der Waals surface area contributed by atoms with E-state index in [0.29, 0.717) is 29.6 Å². The van der Waals surface area contributed by atoms with E-state index in [1.807, 2.05) is 74.0 Å². The van der Waals surface area contributed by atoms with Crippen LogP contribution in [0.25, 0.3) is 6.08 Å². The number of anilines is 1. The first-order chi connectivity index (χ1) is 15.9. The quantitative estimate of drug-likeness (QED) is 0.419. The van der Waals surface area contributed by atoms with Gasteiger partial charge in [0.1, 0.15) is 17.2 Å². The van der Waals surface area contributed by atoms with Gasteiger partial charge in [-0.15, -0.1) is 0 Å². The average molecular weight is 463 g/mol. The fraction of sp³-hybridized carbons (Fsp3) is 0.240. The summed E-state index contributed by atoms with van der Waals surface area (Å²) in [4.78, 5) is 14.6. The van der Waals surface area contributed by atoms with Crippen LogP contribution in [0.1, 0.15) is 29.4 Å². The van der Waals surface area contributed by atoms with E-state index in [1.165, 1.54) is 4.90 Å². The monoisotopic (exact) mass is 462 g/mol. The minimum atomic E-state index is -0.208. The molecule has 1 aromatic heterocycles. The number of thiocarbonyl (C=S) groups is 1. The fourth-order valence-electron chi connectivity index (χ4n) is 3.80. The van der Waals surface area contributed by atoms with Crippen molar-refractivity contribution in [2.75, 3.05) is 18.6 Å². The Balaban J connectivity index is 1.60. The third kappa shape index (κ3) is 4.75. The number of hydrogen-bond acceptors (Lipinski definition) is 5. The zero-order valence-corrected chi connectivity index (χ0v) is 19.9. The Kier molecular flexibility index (Phi) is 6.46. The molecule has 1 fully saturated rings. The first kappa shape index (κ1) is 22.5. The number of ether oxygens (including phenoxy) is 2. The third-order valence-corrected chi connectivity index (χ3v) is 5.61. The van der Waals surface area contributed by atoms with E-state index in [2.05, 4.69) is 10.4 Å². The molecule has 1 saturated heterocycles. The van der Waals surface area contributed by atoms with Crippen molar-refractivity contribution < 1.29 is 14.3 Å². The summed E-state index contributed by atoms with van der Waals surface area (Å²) in [5.41, 5.74) is 4.96. The predicted octanol–water partition coefficient (Wildman–Crippen LogP) is 4.22. The van der Waals surface area contributed by atoms with E-state index >= 15 is 0 Å². The lowest BCUT2D eigenvalue weighted by Crippen LogP contribution is -2.30. The molecule has 1 aliphatic heterocycles. The molecule has 1 amide bonds. The van der Waals surface area contributed by atoms with E-state index < -0.39 is 0 Å². The number of aromatic nitrogens is 2. The molecule has 3 aromatic rings. The molecule has 8 heteroatoms. The van der Waals surface area contributed by atoms with Gasteiger partial charge < -0.3 is 14.8 Å². The Morgan fingerprint density at radius 3 is 2.52 bits per heavy atom. The highest BCUT2D eigenvalue weighted by atomic mass is 32.1. The highest BCUT2D eigenvalue weighted by Crippen LogP contribution is 2.27. The minimum absolute atomic E-state index is 0.208. The van der Waals surface area contributed by atoms with Gasteiger partial charge >= 0.3 is 0 Å². The highest BCUT2D eigenvalue weighted by molar-refractivity contribution is 7.80. The standard InChI is InChI=1S/C25H26N4O3S/c1-5-32-21-9-7-20(8-10-21)29-24(30)22(26-25(29)33)14-18-6-11-23(31-4)19(13-18)15-28-17(3)12-16(2)27-28/h6-14H,5,15H2,1-4H3,(H,26,33)/b22-14+. The second-order valence-electron chi connectivity index (χ2n) is 7.71. The lowest BCUT2D eigenvalue weighted by molar-refractivity contribution is -0.113. The summed E-state index contributed by atoms with van der Waals surface area (Å²) in [7, 11) is 1.65. The van der Waals surface area contributed by atoms with Gasteiger partial charge in [0.05, 0.1) is 31.6 Å². The van der Waals surface area contributed by atoms with Crippen LogP contribution in [-0.2, 0) is 11.3 Å². The van der Waals surface area contributed by atoms with Gasteiger partial charge in [0, 0.05) is 11.3 Å². The molecule has 0 saturated carbocycles. The molecular weight excluding hydrogens is 436 g/mol. The summed E-state index contributed by atoms with van der Waals surface area (Å²) in [6, 6.07) is 15.1. The molecule has 0 radical (unpaired) electrons. The van der Waals surface area contributed by atoms with E-state index in [0.717, 1.165) is 34.0 Å². The Morgan fingerprint density at radius 2 is 1.88 bits per heavy atom. The number of aryl methyl sites for hydroxylation is 2. The maximum absolute atomic E-state index is 13.1. The molecule has 0 aliphatic carbocycles. The predicted molar refractivity (Wildman–Crippen MR) is 133 cm³/mol. The Labute approximate surface area is 198 Å². The number of rotatable bonds is 7. The van der Waals surface area contributed by atoms with Crippen LogP contribution in [0.2, 0.25) is 0 Å². The van der Waals surface area contributed by atoms with Gasteiger partial charge in [-0.1, -0.05) is 6.07 Å². The SMILES string of the molecule is CCOc1ccc(N2C(=O)/C(=C\c3ccc(OC)c(Cn4nc(C)cc4C)c3)NC2=S)cc1. The van der Waals surface area contributed by atoms with Crippen LogP contribution in [0.15, 0.2) is 54.2 Å². The van der Waals surface area contributed by atoms with E-state index in [-0.39, 0.29) is 5.91 Å². The van der Waals surface area contributed by atoms with Gasteiger partial charge in [-0.25, -0.2) is 0 Å². The number of nitrogens with one attached hydrogen (secondary N) is 1. The molecule has 33 heavy (non-hydrogen) atoms. The van der Waals surface area contributed by atoms with Gasteiger partial charge in [0.15, 0.2) is 5.11 Å².